The fraction of sp³-hybridized carbons (Fsp3) is 0.600. The zero-order valence-corrected chi connectivity index (χ0v) is 10.2. The van der Waals surface area contributed by atoms with E-state index in [1.54, 1.807) is 13.1 Å². The number of rotatable bonds is 2. The van der Waals surface area contributed by atoms with Crippen molar-refractivity contribution in [2.24, 2.45) is 0 Å². The SMILES string of the molecule is Cc1cn([C@H]2C[C@H](O)[C@H](CO)O2)c(=O)n2nnnc12. The molecule has 1 aliphatic heterocycles. The summed E-state index contributed by atoms with van der Waals surface area (Å²) in [5.74, 6) is 0. The summed E-state index contributed by atoms with van der Waals surface area (Å²) >= 11 is 0. The molecule has 0 radical (unpaired) electrons. The second-order valence-corrected chi connectivity index (χ2v) is 4.53. The maximum atomic E-state index is 12.2. The Hall–Kier alpha value is -1.84. The molecule has 0 amide bonds. The quantitative estimate of drug-likeness (QED) is 0.662. The maximum Gasteiger partial charge on any atom is 0.354 e. The van der Waals surface area contributed by atoms with E-state index < -0.39 is 24.1 Å². The highest BCUT2D eigenvalue weighted by atomic mass is 16.5. The molecular weight excluding hydrogens is 254 g/mol. The number of aromatic nitrogens is 5. The Morgan fingerprint density at radius 2 is 2.37 bits per heavy atom. The van der Waals surface area contributed by atoms with Crippen LogP contribution in [-0.2, 0) is 4.74 Å². The monoisotopic (exact) mass is 267 g/mol. The molecule has 1 fully saturated rings. The van der Waals surface area contributed by atoms with Gasteiger partial charge in [0.1, 0.15) is 12.3 Å². The first kappa shape index (κ1) is 12.2. The number of aliphatic hydroxyl groups excluding tert-OH is 2. The minimum Gasteiger partial charge on any atom is -0.394 e. The number of tetrazole rings is 1. The summed E-state index contributed by atoms with van der Waals surface area (Å²) in [5, 5.41) is 29.6. The number of aliphatic hydroxyl groups is 2. The fourth-order valence-electron chi connectivity index (χ4n) is 2.25. The van der Waals surface area contributed by atoms with Crippen molar-refractivity contribution < 1.29 is 14.9 Å². The van der Waals surface area contributed by atoms with E-state index in [2.05, 4.69) is 15.5 Å². The highest BCUT2D eigenvalue weighted by molar-refractivity contribution is 5.42. The largest absolute Gasteiger partial charge is 0.394 e. The smallest absolute Gasteiger partial charge is 0.354 e. The third-order valence-electron chi connectivity index (χ3n) is 3.25. The van der Waals surface area contributed by atoms with Gasteiger partial charge in [0.25, 0.3) is 0 Å². The number of fused-ring (bicyclic) bond motifs is 1. The van der Waals surface area contributed by atoms with E-state index >= 15 is 0 Å². The summed E-state index contributed by atoms with van der Waals surface area (Å²) in [7, 11) is 0. The lowest BCUT2D eigenvalue weighted by atomic mass is 10.2. The van der Waals surface area contributed by atoms with Crippen LogP contribution in [0.1, 0.15) is 18.2 Å². The van der Waals surface area contributed by atoms with Gasteiger partial charge >= 0.3 is 5.69 Å². The van der Waals surface area contributed by atoms with Crippen LogP contribution < -0.4 is 5.69 Å². The minimum absolute atomic E-state index is 0.234. The third kappa shape index (κ3) is 1.82. The molecule has 0 spiro atoms. The molecule has 3 rings (SSSR count). The van der Waals surface area contributed by atoms with Crippen LogP contribution in [0.15, 0.2) is 11.0 Å². The van der Waals surface area contributed by atoms with Gasteiger partial charge in [-0.15, -0.1) is 9.61 Å². The molecule has 19 heavy (non-hydrogen) atoms. The molecule has 0 saturated carbocycles. The van der Waals surface area contributed by atoms with E-state index in [1.807, 2.05) is 0 Å². The van der Waals surface area contributed by atoms with Crippen LogP contribution in [0.25, 0.3) is 5.65 Å². The zero-order valence-electron chi connectivity index (χ0n) is 10.2. The Morgan fingerprint density at radius 3 is 3.05 bits per heavy atom. The molecule has 9 heteroatoms. The van der Waals surface area contributed by atoms with Crippen LogP contribution in [-0.4, -0.2) is 53.6 Å². The summed E-state index contributed by atoms with van der Waals surface area (Å²) in [5.41, 5.74) is 0.662. The van der Waals surface area contributed by atoms with Gasteiger partial charge in [0.05, 0.1) is 12.7 Å². The van der Waals surface area contributed by atoms with Gasteiger partial charge in [-0.3, -0.25) is 4.57 Å². The van der Waals surface area contributed by atoms with Crippen molar-refractivity contribution >= 4 is 5.65 Å². The number of aryl methyl sites for hydroxylation is 1. The predicted octanol–water partition coefficient (Wildman–Crippen LogP) is -1.76. The number of nitrogens with zero attached hydrogens (tertiary/aromatic N) is 5. The zero-order chi connectivity index (χ0) is 13.6. The third-order valence-corrected chi connectivity index (χ3v) is 3.25. The lowest BCUT2D eigenvalue weighted by Gasteiger charge is -2.15. The fourth-order valence-corrected chi connectivity index (χ4v) is 2.25. The highest BCUT2D eigenvalue weighted by Gasteiger charge is 2.35. The van der Waals surface area contributed by atoms with Gasteiger partial charge in [-0.1, -0.05) is 0 Å². The molecule has 1 aliphatic rings. The van der Waals surface area contributed by atoms with Crippen molar-refractivity contribution in [3.05, 3.63) is 22.2 Å². The van der Waals surface area contributed by atoms with Gasteiger partial charge in [-0.25, -0.2) is 4.79 Å². The maximum absolute atomic E-state index is 12.2. The first-order valence-corrected chi connectivity index (χ1v) is 5.86. The number of ether oxygens (including phenoxy) is 1. The van der Waals surface area contributed by atoms with Gasteiger partial charge in [0.2, 0.25) is 0 Å². The van der Waals surface area contributed by atoms with Gasteiger partial charge in [-0.05, 0) is 17.4 Å². The van der Waals surface area contributed by atoms with E-state index in [0.29, 0.717) is 5.65 Å². The van der Waals surface area contributed by atoms with Crippen molar-refractivity contribution in [3.8, 4) is 0 Å². The molecular formula is C10H13N5O4. The molecule has 0 bridgehead atoms. The van der Waals surface area contributed by atoms with Gasteiger partial charge in [-0.2, -0.15) is 0 Å². The number of hydrogen-bond donors (Lipinski definition) is 2. The first-order valence-electron chi connectivity index (χ1n) is 5.86. The summed E-state index contributed by atoms with van der Waals surface area (Å²) < 4.78 is 7.86. The molecule has 102 valence electrons. The van der Waals surface area contributed by atoms with Gasteiger partial charge in [0, 0.05) is 18.2 Å². The molecule has 3 atom stereocenters. The Labute approximate surface area is 107 Å². The Balaban J connectivity index is 2.07. The molecule has 2 aromatic rings. The van der Waals surface area contributed by atoms with Crippen molar-refractivity contribution in [2.45, 2.75) is 31.8 Å². The lowest BCUT2D eigenvalue weighted by molar-refractivity contribution is -0.0461. The normalized spacial score (nSPS) is 27.2. The van der Waals surface area contributed by atoms with Crippen molar-refractivity contribution in [2.75, 3.05) is 6.61 Å². The van der Waals surface area contributed by atoms with Crippen molar-refractivity contribution in [3.63, 3.8) is 0 Å². The first-order chi connectivity index (χ1) is 9.11. The van der Waals surface area contributed by atoms with Crippen LogP contribution in [0.4, 0.5) is 0 Å². The van der Waals surface area contributed by atoms with Crippen molar-refractivity contribution in [1.82, 2.24) is 24.6 Å². The standard InChI is InChI=1S/C10H13N5O4/c1-5-3-14(8-2-6(17)7(4-16)19-8)10(18)15-9(5)11-12-13-15/h3,6-8,16-17H,2,4H2,1H3/t6-,7-,8+/m0/s1. The second-order valence-electron chi connectivity index (χ2n) is 4.53. The average molecular weight is 267 g/mol. The van der Waals surface area contributed by atoms with Crippen molar-refractivity contribution in [1.29, 1.82) is 0 Å². The molecule has 9 nitrogen and oxygen atoms in total. The summed E-state index contributed by atoms with van der Waals surface area (Å²) in [6, 6.07) is 0. The van der Waals surface area contributed by atoms with E-state index in [1.165, 1.54) is 4.57 Å². The van der Waals surface area contributed by atoms with Crippen LogP contribution in [0.5, 0.6) is 0 Å². The summed E-state index contributed by atoms with van der Waals surface area (Å²) in [6.45, 7) is 1.48. The molecule has 1 saturated heterocycles. The topological polar surface area (TPSA) is 115 Å². The van der Waals surface area contributed by atoms with Crippen LogP contribution >= 0.6 is 0 Å². The molecule has 2 aromatic heterocycles. The molecule has 0 unspecified atom stereocenters. The van der Waals surface area contributed by atoms with E-state index in [0.717, 1.165) is 10.1 Å². The second kappa shape index (κ2) is 4.37. The average Bonchev–Trinajstić information content (AvgIpc) is 3.00. The Bertz CT molecular complexity index is 665. The molecule has 3 heterocycles. The summed E-state index contributed by atoms with van der Waals surface area (Å²) in [4.78, 5) is 12.2. The molecule has 0 aromatic carbocycles. The Kier molecular flexibility index (Phi) is 2.81. The van der Waals surface area contributed by atoms with Gasteiger partial charge < -0.3 is 14.9 Å². The van der Waals surface area contributed by atoms with Crippen LogP contribution in [0.3, 0.4) is 0 Å². The minimum atomic E-state index is -0.799. The Morgan fingerprint density at radius 1 is 1.58 bits per heavy atom. The van der Waals surface area contributed by atoms with Crippen LogP contribution in [0, 0.1) is 6.92 Å². The van der Waals surface area contributed by atoms with Crippen LogP contribution in [0.2, 0.25) is 0 Å². The lowest BCUT2D eigenvalue weighted by Crippen LogP contribution is -2.31. The van der Waals surface area contributed by atoms with E-state index in [4.69, 9.17) is 9.84 Å². The summed E-state index contributed by atoms with van der Waals surface area (Å²) in [6.07, 6.45) is -0.288. The number of hydrogen-bond acceptors (Lipinski definition) is 7. The molecule has 0 aliphatic carbocycles. The van der Waals surface area contributed by atoms with E-state index in [9.17, 15) is 9.90 Å². The molecule has 2 N–H and O–H groups in total. The predicted molar refractivity (Wildman–Crippen MR) is 61.4 cm³/mol. The highest BCUT2D eigenvalue weighted by Crippen LogP contribution is 2.27. The van der Waals surface area contributed by atoms with E-state index in [-0.39, 0.29) is 13.0 Å². The van der Waals surface area contributed by atoms with Gasteiger partial charge in [0.15, 0.2) is 5.65 Å².